The lowest BCUT2D eigenvalue weighted by atomic mass is 9.84. The first-order valence-corrected chi connectivity index (χ1v) is 5.22. The predicted molar refractivity (Wildman–Crippen MR) is 62.5 cm³/mol. The van der Waals surface area contributed by atoms with E-state index in [1.807, 2.05) is 27.7 Å². The van der Waals surface area contributed by atoms with Gasteiger partial charge in [0.25, 0.3) is 0 Å². The number of aromatic nitrogens is 2. The minimum atomic E-state index is -2.33. The largest absolute Gasteiger partial charge is 0.514 e. The molecule has 0 atom stereocenters. The van der Waals surface area contributed by atoms with Gasteiger partial charge in [0, 0.05) is 10.3 Å². The number of hydrogen-bond donors (Lipinski definition) is 0. The molecular formula is C11H17BN2O2. The Morgan fingerprint density at radius 1 is 1.25 bits per heavy atom. The maximum absolute atomic E-state index is 7.32. The highest BCUT2D eigenvalue weighted by molar-refractivity contribution is 6.61. The van der Waals surface area contributed by atoms with Crippen LogP contribution in [0.1, 0.15) is 37.6 Å². The molecule has 0 unspecified atom stereocenters. The van der Waals surface area contributed by atoms with Gasteiger partial charge in [-0.1, -0.05) is 0 Å². The average molecular weight is 223 g/mol. The zero-order valence-electron chi connectivity index (χ0n) is 12.9. The zero-order valence-corrected chi connectivity index (χ0v) is 9.94. The van der Waals surface area contributed by atoms with Crippen LogP contribution < -0.4 is 5.59 Å². The Morgan fingerprint density at radius 3 is 2.44 bits per heavy atom. The van der Waals surface area contributed by atoms with Crippen LogP contribution in [0.4, 0.5) is 0 Å². The fourth-order valence-corrected chi connectivity index (χ4v) is 1.47. The molecule has 0 radical (unpaired) electrons. The Labute approximate surface area is 101 Å². The maximum atomic E-state index is 7.32. The topological polar surface area (TPSA) is 44.2 Å². The van der Waals surface area contributed by atoms with E-state index in [0.29, 0.717) is 5.59 Å². The van der Waals surface area contributed by atoms with Crippen LogP contribution in [-0.2, 0) is 9.31 Å². The zero-order chi connectivity index (χ0) is 14.5. The van der Waals surface area contributed by atoms with Gasteiger partial charge in [-0.05, 0) is 40.6 Å². The van der Waals surface area contributed by atoms with Gasteiger partial charge in [0.05, 0.1) is 16.8 Å². The van der Waals surface area contributed by atoms with E-state index in [0.717, 1.165) is 0 Å². The SMILES string of the molecule is [2H]C([2H])([2H])c1nccc(B2OC(C)(C)C(C)(C)O2)n1. The standard InChI is InChI=1S/C11H17BN2O2/c1-8-13-7-6-9(14-8)12-15-10(2,3)11(4,5)16-12/h6-7H,1-5H3/i1D3. The van der Waals surface area contributed by atoms with Crippen molar-refractivity contribution in [1.82, 2.24) is 9.97 Å². The Bertz CT molecular complexity index is 475. The van der Waals surface area contributed by atoms with Crippen LogP contribution in [0.15, 0.2) is 12.3 Å². The average Bonchev–Trinajstić information content (AvgIpc) is 2.47. The molecule has 1 aliphatic rings. The summed E-state index contributed by atoms with van der Waals surface area (Å²) < 4.78 is 33.6. The molecule has 1 aromatic rings. The Balaban J connectivity index is 2.30. The number of hydrogen-bond acceptors (Lipinski definition) is 4. The molecule has 1 fully saturated rings. The summed E-state index contributed by atoms with van der Waals surface area (Å²) in [6.45, 7) is 5.38. The second-order valence-electron chi connectivity index (χ2n) is 4.89. The maximum Gasteiger partial charge on any atom is 0.514 e. The third kappa shape index (κ3) is 1.85. The Morgan fingerprint density at radius 2 is 1.88 bits per heavy atom. The summed E-state index contributed by atoms with van der Waals surface area (Å²) in [5.41, 5.74) is -0.536. The van der Waals surface area contributed by atoms with Gasteiger partial charge < -0.3 is 9.31 Å². The second-order valence-corrected chi connectivity index (χ2v) is 4.89. The number of aryl methyl sites for hydroxylation is 1. The van der Waals surface area contributed by atoms with E-state index in [2.05, 4.69) is 9.97 Å². The minimum absolute atomic E-state index is 0.195. The lowest BCUT2D eigenvalue weighted by Crippen LogP contribution is -2.41. The van der Waals surface area contributed by atoms with Gasteiger partial charge >= 0.3 is 7.12 Å². The summed E-state index contributed by atoms with van der Waals surface area (Å²) >= 11 is 0. The molecule has 0 saturated carbocycles. The second kappa shape index (κ2) is 3.53. The molecule has 5 heteroatoms. The van der Waals surface area contributed by atoms with Crippen LogP contribution in [0.25, 0.3) is 0 Å². The van der Waals surface area contributed by atoms with Crippen LogP contribution in [0.2, 0.25) is 0 Å². The van der Waals surface area contributed by atoms with Crippen molar-refractivity contribution in [2.24, 2.45) is 0 Å². The molecule has 0 N–H and O–H groups in total. The molecule has 2 rings (SSSR count). The van der Waals surface area contributed by atoms with Crippen LogP contribution in [0.3, 0.4) is 0 Å². The van der Waals surface area contributed by atoms with Gasteiger partial charge in [0.2, 0.25) is 0 Å². The summed E-state index contributed by atoms with van der Waals surface area (Å²) in [5, 5.41) is 0. The summed E-state index contributed by atoms with van der Waals surface area (Å²) in [4.78, 5) is 7.80. The predicted octanol–water partition coefficient (Wildman–Crippen LogP) is 1.08. The number of nitrogens with zero attached hydrogens (tertiary/aromatic N) is 2. The normalized spacial score (nSPS) is 26.0. The van der Waals surface area contributed by atoms with Gasteiger partial charge in [-0.15, -0.1) is 0 Å². The van der Waals surface area contributed by atoms with E-state index >= 15 is 0 Å². The number of rotatable bonds is 1. The van der Waals surface area contributed by atoms with Crippen molar-refractivity contribution >= 4 is 12.7 Å². The van der Waals surface area contributed by atoms with Crippen molar-refractivity contribution in [3.05, 3.63) is 18.1 Å². The van der Waals surface area contributed by atoms with E-state index in [1.54, 1.807) is 6.07 Å². The molecule has 0 aliphatic carbocycles. The highest BCUT2D eigenvalue weighted by Gasteiger charge is 2.52. The van der Waals surface area contributed by atoms with E-state index in [-0.39, 0.29) is 5.82 Å². The summed E-state index contributed by atoms with van der Waals surface area (Å²) in [5.74, 6) is -0.195. The van der Waals surface area contributed by atoms with Gasteiger partial charge in [0.1, 0.15) is 5.82 Å². The van der Waals surface area contributed by atoms with Crippen molar-refractivity contribution in [2.45, 2.75) is 45.7 Å². The summed E-state index contributed by atoms with van der Waals surface area (Å²) in [7, 11) is -0.672. The van der Waals surface area contributed by atoms with Crippen molar-refractivity contribution < 1.29 is 13.4 Å². The molecule has 0 bridgehead atoms. The molecule has 0 aromatic carbocycles. The smallest absolute Gasteiger partial charge is 0.398 e. The van der Waals surface area contributed by atoms with E-state index < -0.39 is 25.2 Å². The van der Waals surface area contributed by atoms with Crippen LogP contribution in [0, 0.1) is 6.85 Å². The van der Waals surface area contributed by atoms with Crippen molar-refractivity contribution in [3.63, 3.8) is 0 Å². The lowest BCUT2D eigenvalue weighted by molar-refractivity contribution is 0.00578. The minimum Gasteiger partial charge on any atom is -0.398 e. The van der Waals surface area contributed by atoms with Crippen molar-refractivity contribution in [3.8, 4) is 0 Å². The van der Waals surface area contributed by atoms with Crippen LogP contribution in [0.5, 0.6) is 0 Å². The molecule has 86 valence electrons. The first-order chi connectivity index (χ1) is 8.53. The van der Waals surface area contributed by atoms with E-state index in [1.165, 1.54) is 6.20 Å². The quantitative estimate of drug-likeness (QED) is 0.668. The highest BCUT2D eigenvalue weighted by atomic mass is 16.7. The van der Waals surface area contributed by atoms with Crippen molar-refractivity contribution in [2.75, 3.05) is 0 Å². The highest BCUT2D eigenvalue weighted by Crippen LogP contribution is 2.36. The van der Waals surface area contributed by atoms with Crippen molar-refractivity contribution in [1.29, 1.82) is 0 Å². The summed E-state index contributed by atoms with van der Waals surface area (Å²) in [6, 6.07) is 1.61. The molecule has 1 saturated heterocycles. The monoisotopic (exact) mass is 223 g/mol. The van der Waals surface area contributed by atoms with Gasteiger partial charge in [0.15, 0.2) is 0 Å². The molecule has 0 spiro atoms. The third-order valence-corrected chi connectivity index (χ3v) is 3.17. The van der Waals surface area contributed by atoms with Gasteiger partial charge in [-0.3, -0.25) is 0 Å². The first kappa shape index (κ1) is 8.20. The molecular weight excluding hydrogens is 203 g/mol. The first-order valence-electron chi connectivity index (χ1n) is 6.72. The fraction of sp³-hybridized carbons (Fsp3) is 0.636. The molecule has 0 amide bonds. The molecule has 1 aliphatic heterocycles. The van der Waals surface area contributed by atoms with Crippen LogP contribution in [-0.4, -0.2) is 28.3 Å². The van der Waals surface area contributed by atoms with Crippen LogP contribution >= 0.6 is 0 Å². The fourth-order valence-electron chi connectivity index (χ4n) is 1.47. The van der Waals surface area contributed by atoms with Gasteiger partial charge in [-0.2, -0.15) is 0 Å². The molecule has 2 heterocycles. The van der Waals surface area contributed by atoms with E-state index in [4.69, 9.17) is 13.4 Å². The molecule has 16 heavy (non-hydrogen) atoms. The lowest BCUT2D eigenvalue weighted by Gasteiger charge is -2.32. The summed E-state index contributed by atoms with van der Waals surface area (Å²) in [6.07, 6.45) is 1.41. The Kier molecular flexibility index (Phi) is 1.81. The van der Waals surface area contributed by atoms with E-state index in [9.17, 15) is 0 Å². The molecule has 1 aromatic heterocycles. The third-order valence-electron chi connectivity index (χ3n) is 3.17. The molecule has 4 nitrogen and oxygen atoms in total. The Hall–Kier alpha value is -0.935. The van der Waals surface area contributed by atoms with Gasteiger partial charge in [-0.25, -0.2) is 9.97 Å².